The maximum Gasteiger partial charge on any atom is 0.261 e. The predicted molar refractivity (Wildman–Crippen MR) is 111 cm³/mol. The van der Waals surface area contributed by atoms with Crippen LogP contribution in [0.15, 0.2) is 53.7 Å². The van der Waals surface area contributed by atoms with E-state index < -0.39 is 0 Å². The Bertz CT molecular complexity index is 788. The van der Waals surface area contributed by atoms with Crippen LogP contribution in [0.3, 0.4) is 0 Å². The SMILES string of the molecule is CC(NC(=O)CO/N=C/c1ccc(N2CCOCC2)cc1)c1ccc(Cl)cc1. The second kappa shape index (κ2) is 10.1. The first-order chi connectivity index (χ1) is 13.6. The number of carbonyl (C=O) groups excluding carboxylic acids is 1. The molecule has 1 atom stereocenters. The van der Waals surface area contributed by atoms with Crippen molar-refractivity contribution in [2.45, 2.75) is 13.0 Å². The maximum atomic E-state index is 12.0. The lowest BCUT2D eigenvalue weighted by Gasteiger charge is -2.28. The van der Waals surface area contributed by atoms with Gasteiger partial charge in [0.25, 0.3) is 5.91 Å². The largest absolute Gasteiger partial charge is 0.386 e. The number of halogens is 1. The molecule has 2 aromatic rings. The van der Waals surface area contributed by atoms with Gasteiger partial charge in [0.1, 0.15) is 0 Å². The molecule has 1 N–H and O–H groups in total. The molecule has 0 bridgehead atoms. The molecule has 6 nitrogen and oxygen atoms in total. The number of ether oxygens (including phenoxy) is 1. The monoisotopic (exact) mass is 401 g/mol. The van der Waals surface area contributed by atoms with Crippen LogP contribution in [0.1, 0.15) is 24.1 Å². The van der Waals surface area contributed by atoms with Gasteiger partial charge in [0.15, 0.2) is 6.61 Å². The molecule has 0 aromatic heterocycles. The van der Waals surface area contributed by atoms with Crippen molar-refractivity contribution in [1.82, 2.24) is 5.32 Å². The molecule has 7 heteroatoms. The van der Waals surface area contributed by atoms with Crippen molar-refractivity contribution in [2.75, 3.05) is 37.8 Å². The molecule has 0 spiro atoms. The van der Waals surface area contributed by atoms with Gasteiger partial charge in [-0.25, -0.2) is 0 Å². The number of amides is 1. The first kappa shape index (κ1) is 20.2. The Balaban J connectivity index is 1.41. The van der Waals surface area contributed by atoms with Crippen molar-refractivity contribution in [3.8, 4) is 0 Å². The summed E-state index contributed by atoms with van der Waals surface area (Å²) in [4.78, 5) is 19.4. The molecule has 3 rings (SSSR count). The smallest absolute Gasteiger partial charge is 0.261 e. The summed E-state index contributed by atoms with van der Waals surface area (Å²) in [6.45, 7) is 5.09. The highest BCUT2D eigenvalue weighted by molar-refractivity contribution is 6.30. The Hall–Kier alpha value is -2.57. The van der Waals surface area contributed by atoms with Gasteiger partial charge in [-0.05, 0) is 42.3 Å². The van der Waals surface area contributed by atoms with E-state index in [-0.39, 0.29) is 18.6 Å². The molecule has 2 aromatic carbocycles. The van der Waals surface area contributed by atoms with Crippen LogP contribution >= 0.6 is 11.6 Å². The van der Waals surface area contributed by atoms with Crippen LogP contribution in [-0.4, -0.2) is 45.0 Å². The fourth-order valence-electron chi connectivity index (χ4n) is 2.90. The molecule has 1 amide bonds. The summed E-state index contributed by atoms with van der Waals surface area (Å²) >= 11 is 5.87. The molecule has 0 saturated carbocycles. The Labute approximate surface area is 170 Å². The molecule has 148 valence electrons. The van der Waals surface area contributed by atoms with E-state index in [0.29, 0.717) is 5.02 Å². The number of carbonyl (C=O) groups is 1. The van der Waals surface area contributed by atoms with Gasteiger partial charge in [-0.3, -0.25) is 4.79 Å². The normalized spacial score (nSPS) is 15.4. The van der Waals surface area contributed by atoms with Gasteiger partial charge in [-0.15, -0.1) is 0 Å². The van der Waals surface area contributed by atoms with Gasteiger partial charge in [-0.1, -0.05) is 41.0 Å². The molecule has 1 heterocycles. The first-order valence-electron chi connectivity index (χ1n) is 9.25. The summed E-state index contributed by atoms with van der Waals surface area (Å²) in [5.74, 6) is -0.234. The third-order valence-electron chi connectivity index (χ3n) is 4.49. The van der Waals surface area contributed by atoms with E-state index in [1.165, 1.54) is 0 Å². The first-order valence-corrected chi connectivity index (χ1v) is 9.62. The summed E-state index contributed by atoms with van der Waals surface area (Å²) < 4.78 is 5.37. The second-order valence-corrected chi connectivity index (χ2v) is 6.98. The molecule has 0 aliphatic carbocycles. The number of morpholine rings is 1. The van der Waals surface area contributed by atoms with Gasteiger partial charge < -0.3 is 19.8 Å². The van der Waals surface area contributed by atoms with Crippen LogP contribution in [0.2, 0.25) is 5.02 Å². The van der Waals surface area contributed by atoms with Crippen LogP contribution in [0, 0.1) is 0 Å². The summed E-state index contributed by atoms with van der Waals surface area (Å²) in [6.07, 6.45) is 1.60. The highest BCUT2D eigenvalue weighted by Gasteiger charge is 2.11. The zero-order chi connectivity index (χ0) is 19.8. The lowest BCUT2D eigenvalue weighted by Crippen LogP contribution is -2.36. The van der Waals surface area contributed by atoms with E-state index in [1.54, 1.807) is 18.3 Å². The fraction of sp³-hybridized carbons (Fsp3) is 0.333. The van der Waals surface area contributed by atoms with E-state index in [4.69, 9.17) is 21.2 Å². The molecule has 1 aliphatic rings. The predicted octanol–water partition coefficient (Wildman–Crippen LogP) is 3.40. The summed E-state index contributed by atoms with van der Waals surface area (Å²) in [7, 11) is 0. The van der Waals surface area contributed by atoms with Crippen LogP contribution in [-0.2, 0) is 14.4 Å². The van der Waals surface area contributed by atoms with E-state index in [0.717, 1.165) is 43.1 Å². The van der Waals surface area contributed by atoms with Gasteiger partial charge >= 0.3 is 0 Å². The van der Waals surface area contributed by atoms with Crippen LogP contribution in [0.25, 0.3) is 0 Å². The summed E-state index contributed by atoms with van der Waals surface area (Å²) in [5.41, 5.74) is 3.05. The minimum atomic E-state index is -0.234. The number of hydrogen-bond acceptors (Lipinski definition) is 5. The molecule has 1 saturated heterocycles. The van der Waals surface area contributed by atoms with Crippen molar-refractivity contribution >= 4 is 29.4 Å². The van der Waals surface area contributed by atoms with E-state index in [2.05, 4.69) is 15.4 Å². The number of benzene rings is 2. The van der Waals surface area contributed by atoms with Gasteiger partial charge in [0, 0.05) is 23.8 Å². The minimum absolute atomic E-state index is 0.134. The molecule has 1 fully saturated rings. The molecule has 1 unspecified atom stereocenters. The van der Waals surface area contributed by atoms with Crippen molar-refractivity contribution in [3.63, 3.8) is 0 Å². The summed E-state index contributed by atoms with van der Waals surface area (Å²) in [5, 5.41) is 7.40. The van der Waals surface area contributed by atoms with Crippen molar-refractivity contribution < 1.29 is 14.4 Å². The lowest BCUT2D eigenvalue weighted by molar-refractivity contribution is -0.126. The molecule has 28 heavy (non-hydrogen) atoms. The van der Waals surface area contributed by atoms with Crippen molar-refractivity contribution in [3.05, 3.63) is 64.7 Å². The highest BCUT2D eigenvalue weighted by atomic mass is 35.5. The van der Waals surface area contributed by atoms with Gasteiger partial charge in [0.05, 0.1) is 25.5 Å². The number of anilines is 1. The van der Waals surface area contributed by atoms with E-state index >= 15 is 0 Å². The molecule has 0 radical (unpaired) electrons. The van der Waals surface area contributed by atoms with Crippen LogP contribution in [0.4, 0.5) is 5.69 Å². The average Bonchev–Trinajstić information content (AvgIpc) is 2.73. The Kier molecular flexibility index (Phi) is 7.28. The Morgan fingerprint density at radius 2 is 1.89 bits per heavy atom. The van der Waals surface area contributed by atoms with Crippen molar-refractivity contribution in [2.24, 2.45) is 5.16 Å². The fourth-order valence-corrected chi connectivity index (χ4v) is 3.03. The zero-order valence-corrected chi connectivity index (χ0v) is 16.6. The lowest BCUT2D eigenvalue weighted by atomic mass is 10.1. The van der Waals surface area contributed by atoms with E-state index in [1.807, 2.05) is 43.3 Å². The Morgan fingerprint density at radius 3 is 2.57 bits per heavy atom. The third kappa shape index (κ3) is 5.97. The zero-order valence-electron chi connectivity index (χ0n) is 15.8. The minimum Gasteiger partial charge on any atom is -0.386 e. The topological polar surface area (TPSA) is 63.2 Å². The molecule has 1 aliphatic heterocycles. The van der Waals surface area contributed by atoms with Gasteiger partial charge in [0.2, 0.25) is 0 Å². The number of hydrogen-bond donors (Lipinski definition) is 1. The van der Waals surface area contributed by atoms with Gasteiger partial charge in [-0.2, -0.15) is 0 Å². The number of oxime groups is 1. The average molecular weight is 402 g/mol. The molecular weight excluding hydrogens is 378 g/mol. The highest BCUT2D eigenvalue weighted by Crippen LogP contribution is 2.17. The Morgan fingerprint density at radius 1 is 1.21 bits per heavy atom. The quantitative estimate of drug-likeness (QED) is 0.570. The second-order valence-electron chi connectivity index (χ2n) is 6.54. The summed E-state index contributed by atoms with van der Waals surface area (Å²) in [6, 6.07) is 15.3. The number of nitrogens with zero attached hydrogens (tertiary/aromatic N) is 2. The van der Waals surface area contributed by atoms with E-state index in [9.17, 15) is 4.79 Å². The molecular formula is C21H24ClN3O3. The van der Waals surface area contributed by atoms with Crippen LogP contribution in [0.5, 0.6) is 0 Å². The third-order valence-corrected chi connectivity index (χ3v) is 4.74. The number of rotatable bonds is 7. The standard InChI is InChI=1S/C21H24ClN3O3/c1-16(18-4-6-19(22)7-5-18)24-21(26)15-28-23-14-17-2-8-20(9-3-17)25-10-12-27-13-11-25/h2-9,14,16H,10-13,15H2,1H3,(H,24,26)/b23-14+. The maximum absolute atomic E-state index is 12.0. The van der Waals surface area contributed by atoms with Crippen LogP contribution < -0.4 is 10.2 Å². The number of nitrogens with one attached hydrogen (secondary N) is 1. The van der Waals surface area contributed by atoms with Crippen molar-refractivity contribution in [1.29, 1.82) is 0 Å².